The Hall–Kier alpha value is -2.17. The largest absolute Gasteiger partial charge is 0.490 e. The van der Waals surface area contributed by atoms with Crippen LogP contribution in [0.15, 0.2) is 12.4 Å². The Morgan fingerprint density at radius 2 is 1.76 bits per heavy atom. The molecule has 29 heavy (non-hydrogen) atoms. The summed E-state index contributed by atoms with van der Waals surface area (Å²) < 4.78 is 48.3. The molecule has 0 aliphatic heterocycles. The molecule has 0 spiro atoms. The van der Waals surface area contributed by atoms with Crippen LogP contribution in [0, 0.1) is 5.92 Å². The maximum absolute atomic E-state index is 14.6. The summed E-state index contributed by atoms with van der Waals surface area (Å²) in [6.45, 7) is 7.07. The maximum Gasteiger partial charge on any atom is 0.490 e. The van der Waals surface area contributed by atoms with Crippen molar-refractivity contribution in [2.24, 2.45) is 5.92 Å². The van der Waals surface area contributed by atoms with Gasteiger partial charge in [0, 0.05) is 24.8 Å². The second kappa shape index (κ2) is 9.55. The molecule has 1 aromatic heterocycles. The van der Waals surface area contributed by atoms with E-state index in [1.54, 1.807) is 6.20 Å². The molecule has 11 heteroatoms. The Balaban J connectivity index is 0.000000516. The minimum atomic E-state index is -5.08. The second-order valence-electron chi connectivity index (χ2n) is 8.13. The summed E-state index contributed by atoms with van der Waals surface area (Å²) >= 11 is 0. The van der Waals surface area contributed by atoms with Gasteiger partial charge in [-0.05, 0) is 46.5 Å². The van der Waals surface area contributed by atoms with Crippen LogP contribution in [0.4, 0.5) is 17.6 Å². The van der Waals surface area contributed by atoms with Crippen LogP contribution < -0.4 is 5.32 Å². The molecule has 1 fully saturated rings. The maximum atomic E-state index is 14.6. The van der Waals surface area contributed by atoms with Crippen LogP contribution in [0.3, 0.4) is 0 Å². The monoisotopic (exact) mass is 425 g/mol. The van der Waals surface area contributed by atoms with E-state index in [2.05, 4.69) is 31.2 Å². The number of nitrogens with one attached hydrogen (secondary N) is 1. The minimum Gasteiger partial charge on any atom is -0.481 e. The van der Waals surface area contributed by atoms with Crippen molar-refractivity contribution in [1.82, 2.24) is 15.1 Å². The Bertz CT molecular complexity index is 690. The number of carboxylic acids is 2. The van der Waals surface area contributed by atoms with E-state index in [1.165, 1.54) is 0 Å². The molecule has 0 amide bonds. The second-order valence-corrected chi connectivity index (χ2v) is 8.13. The summed E-state index contributed by atoms with van der Waals surface area (Å²) in [5, 5.41) is 23.5. The molecule has 0 aromatic carbocycles. The van der Waals surface area contributed by atoms with Gasteiger partial charge in [-0.25, -0.2) is 9.18 Å². The molecule has 1 aliphatic rings. The van der Waals surface area contributed by atoms with Crippen molar-refractivity contribution >= 4 is 11.9 Å². The van der Waals surface area contributed by atoms with Crippen LogP contribution in [0.2, 0.25) is 0 Å². The number of rotatable bonds is 5. The predicted molar refractivity (Wildman–Crippen MR) is 96.1 cm³/mol. The van der Waals surface area contributed by atoms with Crippen LogP contribution in [-0.4, -0.2) is 50.3 Å². The van der Waals surface area contributed by atoms with Crippen molar-refractivity contribution in [2.75, 3.05) is 6.54 Å². The summed E-state index contributed by atoms with van der Waals surface area (Å²) in [4.78, 5) is 19.8. The summed E-state index contributed by atoms with van der Waals surface area (Å²) in [5.74, 6) is -3.94. The number of carboxylic acid groups (broad SMARTS) is 2. The van der Waals surface area contributed by atoms with E-state index in [0.717, 1.165) is 5.56 Å². The van der Waals surface area contributed by atoms with E-state index in [1.807, 2.05) is 10.9 Å². The molecular formula is C18H27F4N3O4. The van der Waals surface area contributed by atoms with Gasteiger partial charge >= 0.3 is 18.1 Å². The lowest BCUT2D eigenvalue weighted by Crippen LogP contribution is -2.40. The van der Waals surface area contributed by atoms with Crippen LogP contribution in [0.1, 0.15) is 52.0 Å². The quantitative estimate of drug-likeness (QED) is 0.625. The molecule has 1 heterocycles. The zero-order chi connectivity index (χ0) is 22.5. The van der Waals surface area contributed by atoms with E-state index in [-0.39, 0.29) is 18.0 Å². The van der Waals surface area contributed by atoms with Crippen molar-refractivity contribution < 1.29 is 37.4 Å². The average molecular weight is 425 g/mol. The molecule has 0 saturated heterocycles. The lowest BCUT2D eigenvalue weighted by Gasteiger charge is -2.32. The molecule has 0 unspecified atom stereocenters. The topological polar surface area (TPSA) is 104 Å². The SMILES string of the molecule is CC(C)(C)n1cc(CNCC2(F)CCC(C(=O)O)CC2)cn1.O=C(O)C(F)(F)F. The van der Waals surface area contributed by atoms with Crippen molar-refractivity contribution in [2.45, 2.75) is 70.4 Å². The average Bonchev–Trinajstić information content (AvgIpc) is 3.04. The fraction of sp³-hybridized carbons (Fsp3) is 0.722. The van der Waals surface area contributed by atoms with E-state index in [0.29, 0.717) is 32.2 Å². The molecule has 1 saturated carbocycles. The van der Waals surface area contributed by atoms with Gasteiger partial charge in [-0.15, -0.1) is 0 Å². The van der Waals surface area contributed by atoms with Gasteiger partial charge in [0.1, 0.15) is 5.67 Å². The molecule has 1 aromatic rings. The lowest BCUT2D eigenvalue weighted by molar-refractivity contribution is -0.192. The number of aliphatic carboxylic acids is 2. The molecular weight excluding hydrogens is 398 g/mol. The van der Waals surface area contributed by atoms with Gasteiger partial charge in [0.25, 0.3) is 0 Å². The van der Waals surface area contributed by atoms with Crippen molar-refractivity contribution in [3.05, 3.63) is 18.0 Å². The number of carbonyl (C=O) groups is 2. The predicted octanol–water partition coefficient (Wildman–Crippen LogP) is 3.34. The first-order chi connectivity index (χ1) is 13.1. The molecule has 7 nitrogen and oxygen atoms in total. The first kappa shape index (κ1) is 24.9. The van der Waals surface area contributed by atoms with Crippen molar-refractivity contribution in [3.63, 3.8) is 0 Å². The summed E-state index contributed by atoms with van der Waals surface area (Å²) in [5.41, 5.74) is -0.321. The third-order valence-corrected chi connectivity index (χ3v) is 4.57. The fourth-order valence-electron chi connectivity index (χ4n) is 2.81. The third kappa shape index (κ3) is 8.38. The van der Waals surface area contributed by atoms with Crippen LogP contribution >= 0.6 is 0 Å². The van der Waals surface area contributed by atoms with Crippen LogP contribution in [0.25, 0.3) is 0 Å². The highest BCUT2D eigenvalue weighted by Gasteiger charge is 2.38. The van der Waals surface area contributed by atoms with Crippen molar-refractivity contribution in [1.29, 1.82) is 0 Å². The minimum absolute atomic E-state index is 0.0607. The smallest absolute Gasteiger partial charge is 0.481 e. The normalized spacial score (nSPS) is 22.5. The highest BCUT2D eigenvalue weighted by molar-refractivity contribution is 5.73. The van der Waals surface area contributed by atoms with Gasteiger partial charge in [0.15, 0.2) is 0 Å². The Morgan fingerprint density at radius 1 is 1.24 bits per heavy atom. The number of alkyl halides is 4. The zero-order valence-corrected chi connectivity index (χ0v) is 16.6. The standard InChI is InChI=1S/C16H26FN3O2.C2HF3O2/c1-15(2,3)20-10-12(9-19-20)8-18-11-16(17)6-4-13(5-7-16)14(21)22;3-2(4,5)1(6)7/h9-10,13,18H,4-8,11H2,1-3H3,(H,21,22);(H,6,7). The zero-order valence-electron chi connectivity index (χ0n) is 16.6. The van der Waals surface area contributed by atoms with Gasteiger partial charge in [-0.3, -0.25) is 9.48 Å². The Labute approximate surface area is 166 Å². The molecule has 1 aliphatic carbocycles. The molecule has 166 valence electrons. The van der Waals surface area contributed by atoms with Gasteiger partial charge in [0.2, 0.25) is 0 Å². The number of hydrogen-bond donors (Lipinski definition) is 3. The van der Waals surface area contributed by atoms with Crippen LogP contribution in [-0.2, 0) is 21.7 Å². The summed E-state index contributed by atoms with van der Waals surface area (Å²) in [7, 11) is 0. The van der Waals surface area contributed by atoms with E-state index < -0.39 is 23.8 Å². The summed E-state index contributed by atoms with van der Waals surface area (Å²) in [6.07, 6.45) is 0.172. The number of halogens is 4. The molecule has 0 atom stereocenters. The van der Waals surface area contributed by atoms with E-state index in [9.17, 15) is 22.4 Å². The highest BCUT2D eigenvalue weighted by Crippen LogP contribution is 2.34. The van der Waals surface area contributed by atoms with E-state index in [4.69, 9.17) is 15.0 Å². The highest BCUT2D eigenvalue weighted by atomic mass is 19.4. The van der Waals surface area contributed by atoms with Gasteiger partial charge in [0.05, 0.1) is 17.7 Å². The number of hydrogen-bond acceptors (Lipinski definition) is 4. The molecule has 3 N–H and O–H groups in total. The fourth-order valence-corrected chi connectivity index (χ4v) is 2.81. The van der Waals surface area contributed by atoms with Crippen molar-refractivity contribution in [3.8, 4) is 0 Å². The van der Waals surface area contributed by atoms with E-state index >= 15 is 0 Å². The first-order valence-electron chi connectivity index (χ1n) is 9.11. The lowest BCUT2D eigenvalue weighted by atomic mass is 9.80. The number of nitrogens with zero attached hydrogens (tertiary/aromatic N) is 2. The third-order valence-electron chi connectivity index (χ3n) is 4.57. The van der Waals surface area contributed by atoms with Gasteiger partial charge in [-0.1, -0.05) is 0 Å². The summed E-state index contributed by atoms with van der Waals surface area (Å²) in [6, 6.07) is 0. The molecule has 0 bridgehead atoms. The number of aromatic nitrogens is 2. The first-order valence-corrected chi connectivity index (χ1v) is 9.11. The Morgan fingerprint density at radius 3 is 2.14 bits per heavy atom. The van der Waals surface area contributed by atoms with Gasteiger partial charge in [-0.2, -0.15) is 18.3 Å². The molecule has 2 rings (SSSR count). The van der Waals surface area contributed by atoms with Gasteiger partial charge < -0.3 is 15.5 Å². The Kier molecular flexibility index (Phi) is 8.19. The van der Waals surface area contributed by atoms with Crippen LogP contribution in [0.5, 0.6) is 0 Å². The molecule has 0 radical (unpaired) electrons.